The standard InChI is InChI=1S/C45H49N3O6/c49-32-35-21-23-37(24-22-35)42-27-41(31-48(29-33-11-3-1-4-12-33)30-34-13-5-2-6-14-34)53-45(54-42)40-18-10-17-39(26-40)38-16-9-15-36(25-38)28-46-43(50)19-7-8-20-44(51)47-52/h1-6,9-18,21-26,41-42,45,49,52H,7-8,19-20,27-32H2,(H,46,50)(H,47,51)/t41-,42+,45+/m0/s1. The zero-order chi connectivity index (χ0) is 37.5. The summed E-state index contributed by atoms with van der Waals surface area (Å²) >= 11 is 0. The lowest BCUT2D eigenvalue weighted by Gasteiger charge is -2.38. The van der Waals surface area contributed by atoms with Crippen LogP contribution in [-0.4, -0.2) is 39.7 Å². The third kappa shape index (κ3) is 11.4. The summed E-state index contributed by atoms with van der Waals surface area (Å²) in [6, 6.07) is 45.4. The van der Waals surface area contributed by atoms with Gasteiger partial charge >= 0.3 is 0 Å². The molecule has 0 spiro atoms. The third-order valence-electron chi connectivity index (χ3n) is 9.67. The molecule has 280 valence electrons. The number of amides is 2. The first-order valence-corrected chi connectivity index (χ1v) is 18.7. The molecule has 0 aliphatic carbocycles. The van der Waals surface area contributed by atoms with Crippen LogP contribution in [0.2, 0.25) is 0 Å². The van der Waals surface area contributed by atoms with E-state index in [9.17, 15) is 14.7 Å². The van der Waals surface area contributed by atoms with Gasteiger partial charge in [0.25, 0.3) is 0 Å². The van der Waals surface area contributed by atoms with Gasteiger partial charge in [-0.15, -0.1) is 0 Å². The Bertz CT molecular complexity index is 1880. The van der Waals surface area contributed by atoms with E-state index in [1.807, 2.05) is 60.7 Å². The molecule has 1 aliphatic heterocycles. The first kappa shape index (κ1) is 38.6. The molecule has 0 aromatic heterocycles. The van der Waals surface area contributed by atoms with Gasteiger partial charge in [-0.25, -0.2) is 5.48 Å². The molecular formula is C45H49N3O6. The van der Waals surface area contributed by atoms with Gasteiger partial charge in [0.05, 0.1) is 18.8 Å². The Balaban J connectivity index is 1.18. The minimum absolute atomic E-state index is 0.0121. The van der Waals surface area contributed by atoms with Crippen molar-refractivity contribution in [1.82, 2.24) is 15.7 Å². The molecule has 2 amide bonds. The molecule has 5 aromatic rings. The number of nitrogens with zero attached hydrogens (tertiary/aromatic N) is 1. The van der Waals surface area contributed by atoms with E-state index in [4.69, 9.17) is 14.7 Å². The fourth-order valence-electron chi connectivity index (χ4n) is 6.83. The molecule has 6 rings (SSSR count). The van der Waals surface area contributed by atoms with Crippen LogP contribution in [-0.2, 0) is 45.3 Å². The van der Waals surface area contributed by atoms with E-state index in [2.05, 4.69) is 83.0 Å². The van der Waals surface area contributed by atoms with Gasteiger partial charge in [0.2, 0.25) is 11.8 Å². The second kappa shape index (κ2) is 19.8. The molecule has 5 aromatic carbocycles. The average Bonchev–Trinajstić information content (AvgIpc) is 3.22. The van der Waals surface area contributed by atoms with Crippen LogP contribution in [0.15, 0.2) is 133 Å². The van der Waals surface area contributed by atoms with Gasteiger partial charge in [0, 0.05) is 51.0 Å². The van der Waals surface area contributed by atoms with E-state index in [0.717, 1.165) is 46.5 Å². The summed E-state index contributed by atoms with van der Waals surface area (Å²) in [5.74, 6) is -0.532. The van der Waals surface area contributed by atoms with Crippen LogP contribution in [0.5, 0.6) is 0 Å². The monoisotopic (exact) mass is 727 g/mol. The number of hydrogen-bond acceptors (Lipinski definition) is 7. The highest BCUT2D eigenvalue weighted by Gasteiger charge is 2.33. The largest absolute Gasteiger partial charge is 0.392 e. The zero-order valence-corrected chi connectivity index (χ0v) is 30.5. The minimum atomic E-state index is -0.604. The summed E-state index contributed by atoms with van der Waals surface area (Å²) in [4.78, 5) is 26.1. The molecule has 3 atom stereocenters. The molecule has 1 aliphatic rings. The van der Waals surface area contributed by atoms with Crippen molar-refractivity contribution in [3.63, 3.8) is 0 Å². The van der Waals surface area contributed by atoms with Crippen molar-refractivity contribution in [3.8, 4) is 11.1 Å². The third-order valence-corrected chi connectivity index (χ3v) is 9.67. The molecule has 4 N–H and O–H groups in total. The highest BCUT2D eigenvalue weighted by Crippen LogP contribution is 2.39. The van der Waals surface area contributed by atoms with Gasteiger partial charge < -0.3 is 19.9 Å². The van der Waals surface area contributed by atoms with Gasteiger partial charge in [-0.3, -0.25) is 19.7 Å². The minimum Gasteiger partial charge on any atom is -0.392 e. The lowest BCUT2D eigenvalue weighted by atomic mass is 9.98. The topological polar surface area (TPSA) is 120 Å². The van der Waals surface area contributed by atoms with E-state index in [0.29, 0.717) is 38.8 Å². The number of carbonyl (C=O) groups excluding carboxylic acids is 2. The molecule has 54 heavy (non-hydrogen) atoms. The van der Waals surface area contributed by atoms with E-state index in [1.54, 1.807) is 5.48 Å². The van der Waals surface area contributed by atoms with E-state index in [1.165, 1.54) is 11.1 Å². The molecule has 9 heteroatoms. The van der Waals surface area contributed by atoms with E-state index >= 15 is 0 Å². The maximum absolute atomic E-state index is 12.4. The Hall–Kier alpha value is -5.16. The van der Waals surface area contributed by atoms with Gasteiger partial charge in [-0.1, -0.05) is 121 Å². The van der Waals surface area contributed by atoms with Crippen LogP contribution < -0.4 is 10.8 Å². The number of hydrogen-bond donors (Lipinski definition) is 4. The molecule has 0 bridgehead atoms. The van der Waals surface area contributed by atoms with Crippen LogP contribution in [0.4, 0.5) is 0 Å². The Kier molecular flexibility index (Phi) is 14.1. The van der Waals surface area contributed by atoms with E-state index < -0.39 is 12.2 Å². The maximum atomic E-state index is 12.4. The lowest BCUT2D eigenvalue weighted by molar-refractivity contribution is -0.253. The predicted octanol–water partition coefficient (Wildman–Crippen LogP) is 7.78. The van der Waals surface area contributed by atoms with Gasteiger partial charge in [0.15, 0.2) is 6.29 Å². The number of rotatable bonds is 17. The Morgan fingerprint density at radius 2 is 1.26 bits per heavy atom. The number of carbonyl (C=O) groups is 2. The highest BCUT2D eigenvalue weighted by atomic mass is 16.7. The second-order valence-electron chi connectivity index (χ2n) is 13.8. The number of nitrogens with one attached hydrogen (secondary N) is 2. The summed E-state index contributed by atoms with van der Waals surface area (Å²) in [6.45, 7) is 2.65. The molecule has 1 fully saturated rings. The Labute approximate surface area is 317 Å². The molecular weight excluding hydrogens is 679 g/mol. The molecule has 0 unspecified atom stereocenters. The predicted molar refractivity (Wildman–Crippen MR) is 208 cm³/mol. The molecule has 9 nitrogen and oxygen atoms in total. The fraction of sp³-hybridized carbons (Fsp3) is 0.289. The van der Waals surface area contributed by atoms with Gasteiger partial charge in [0.1, 0.15) is 0 Å². The Morgan fingerprint density at radius 3 is 1.91 bits per heavy atom. The number of aliphatic hydroxyl groups is 1. The first-order chi connectivity index (χ1) is 26.4. The van der Waals surface area contributed by atoms with Crippen molar-refractivity contribution < 1.29 is 29.4 Å². The van der Waals surface area contributed by atoms with E-state index in [-0.39, 0.29) is 31.1 Å². The van der Waals surface area contributed by atoms with Crippen LogP contribution >= 0.6 is 0 Å². The smallest absolute Gasteiger partial charge is 0.243 e. The fourth-order valence-corrected chi connectivity index (χ4v) is 6.83. The second-order valence-corrected chi connectivity index (χ2v) is 13.8. The number of aliphatic hydroxyl groups excluding tert-OH is 1. The van der Waals surface area contributed by atoms with Crippen LogP contribution in [0.3, 0.4) is 0 Å². The summed E-state index contributed by atoms with van der Waals surface area (Å²) < 4.78 is 13.6. The number of benzene rings is 5. The van der Waals surface area contributed by atoms with Crippen molar-refractivity contribution in [2.45, 2.75) is 76.8 Å². The maximum Gasteiger partial charge on any atom is 0.243 e. The highest BCUT2D eigenvalue weighted by molar-refractivity contribution is 5.76. The Morgan fingerprint density at radius 1 is 0.648 bits per heavy atom. The van der Waals surface area contributed by atoms with Crippen LogP contribution in [0, 0.1) is 0 Å². The molecule has 0 radical (unpaired) electrons. The summed E-state index contributed by atoms with van der Waals surface area (Å²) in [7, 11) is 0. The molecule has 1 heterocycles. The van der Waals surface area contributed by atoms with Crippen LogP contribution in [0.25, 0.3) is 11.1 Å². The van der Waals surface area contributed by atoms with Crippen molar-refractivity contribution in [3.05, 3.63) is 167 Å². The lowest BCUT2D eigenvalue weighted by Crippen LogP contribution is -2.39. The number of hydroxylamine groups is 1. The normalized spacial score (nSPS) is 16.9. The van der Waals surface area contributed by atoms with Crippen molar-refractivity contribution in [2.75, 3.05) is 6.54 Å². The zero-order valence-electron chi connectivity index (χ0n) is 30.5. The van der Waals surface area contributed by atoms with Crippen molar-refractivity contribution >= 4 is 11.8 Å². The first-order valence-electron chi connectivity index (χ1n) is 18.7. The van der Waals surface area contributed by atoms with Gasteiger partial charge in [-0.05, 0) is 63.9 Å². The average molecular weight is 728 g/mol. The number of unbranched alkanes of at least 4 members (excludes halogenated alkanes) is 1. The SMILES string of the molecule is O=C(CCCCC(=O)NCc1cccc(-c2cccc([C@@H]3O[C@H](CN(Cc4ccccc4)Cc4ccccc4)C[C@H](c4ccc(CO)cc4)O3)c2)c1)NO. The molecule has 1 saturated heterocycles. The van der Waals surface area contributed by atoms with Crippen molar-refractivity contribution in [2.24, 2.45) is 0 Å². The summed E-state index contributed by atoms with van der Waals surface area (Å²) in [5.41, 5.74) is 9.91. The summed E-state index contributed by atoms with van der Waals surface area (Å²) in [6.07, 6.45) is 1.32. The molecule has 0 saturated carbocycles. The quantitative estimate of drug-likeness (QED) is 0.0439. The van der Waals surface area contributed by atoms with Gasteiger partial charge in [-0.2, -0.15) is 0 Å². The number of ether oxygens (including phenoxy) is 2. The van der Waals surface area contributed by atoms with Crippen LogP contribution in [0.1, 0.15) is 77.9 Å². The summed E-state index contributed by atoms with van der Waals surface area (Å²) in [5, 5.41) is 21.3. The van der Waals surface area contributed by atoms with Crippen molar-refractivity contribution in [1.29, 1.82) is 0 Å².